The summed E-state index contributed by atoms with van der Waals surface area (Å²) in [5.41, 5.74) is 2.95. The summed E-state index contributed by atoms with van der Waals surface area (Å²) in [6.45, 7) is 3.22. The number of hydrogen-bond donors (Lipinski definition) is 1. The van der Waals surface area contributed by atoms with Crippen LogP contribution in [0.1, 0.15) is 51.0 Å². The van der Waals surface area contributed by atoms with Gasteiger partial charge >= 0.3 is 0 Å². The molecule has 0 radical (unpaired) electrons. The molecule has 2 rings (SSSR count). The molecule has 1 N–H and O–H groups in total. The van der Waals surface area contributed by atoms with Crippen LogP contribution in [-0.4, -0.2) is 17.6 Å². The van der Waals surface area contributed by atoms with Crippen LogP contribution in [0.25, 0.3) is 0 Å². The first-order valence-corrected chi connectivity index (χ1v) is 7.71. The van der Waals surface area contributed by atoms with E-state index in [1.54, 1.807) is 5.57 Å². The van der Waals surface area contributed by atoms with Crippen LogP contribution >= 0.6 is 0 Å². The standard InChI is InChI=1S/C17H26N2/c1-2-19-17(13-15-9-8-12-18-14-15)16-10-6-4-3-5-7-11-16/h8-10,12,14,17,19H,2-7,11,13H2,1H3/b16-10+. The molecule has 1 unspecified atom stereocenters. The third kappa shape index (κ3) is 4.79. The van der Waals surface area contributed by atoms with Crippen molar-refractivity contribution >= 4 is 0 Å². The van der Waals surface area contributed by atoms with Gasteiger partial charge < -0.3 is 5.32 Å². The summed E-state index contributed by atoms with van der Waals surface area (Å²) in [7, 11) is 0. The maximum atomic E-state index is 4.23. The summed E-state index contributed by atoms with van der Waals surface area (Å²) >= 11 is 0. The molecule has 2 heteroatoms. The van der Waals surface area contributed by atoms with Crippen molar-refractivity contribution in [3.8, 4) is 0 Å². The Kier molecular flexibility index (Phi) is 6.09. The Balaban J connectivity index is 2.05. The molecule has 104 valence electrons. The predicted octanol–water partition coefficient (Wildman–Crippen LogP) is 3.88. The molecule has 19 heavy (non-hydrogen) atoms. The molecule has 0 aromatic carbocycles. The Hall–Kier alpha value is -1.15. The van der Waals surface area contributed by atoms with Crippen LogP contribution in [0.15, 0.2) is 36.2 Å². The molecule has 0 fully saturated rings. The molecular formula is C17H26N2. The normalized spacial score (nSPS) is 21.0. The lowest BCUT2D eigenvalue weighted by atomic mass is 9.91. The van der Waals surface area contributed by atoms with Gasteiger partial charge in [0, 0.05) is 18.4 Å². The molecule has 1 heterocycles. The second-order valence-electron chi connectivity index (χ2n) is 5.41. The zero-order valence-corrected chi connectivity index (χ0v) is 12.1. The number of likely N-dealkylation sites (N-methyl/N-ethyl adjacent to an activating group) is 1. The monoisotopic (exact) mass is 258 g/mol. The fourth-order valence-corrected chi connectivity index (χ4v) is 2.87. The smallest absolute Gasteiger partial charge is 0.0320 e. The van der Waals surface area contributed by atoms with Gasteiger partial charge in [-0.2, -0.15) is 0 Å². The number of pyridine rings is 1. The molecule has 0 aliphatic heterocycles. The Labute approximate surface area is 117 Å². The summed E-state index contributed by atoms with van der Waals surface area (Å²) in [6.07, 6.45) is 15.4. The summed E-state index contributed by atoms with van der Waals surface area (Å²) in [6, 6.07) is 4.71. The average Bonchev–Trinajstić information content (AvgIpc) is 2.39. The van der Waals surface area contributed by atoms with Crippen molar-refractivity contribution in [1.82, 2.24) is 10.3 Å². The van der Waals surface area contributed by atoms with Crippen LogP contribution in [0.3, 0.4) is 0 Å². The van der Waals surface area contributed by atoms with Crippen LogP contribution < -0.4 is 5.32 Å². The van der Waals surface area contributed by atoms with Gasteiger partial charge in [-0.1, -0.05) is 37.5 Å². The van der Waals surface area contributed by atoms with E-state index < -0.39 is 0 Å². The molecule has 1 aromatic heterocycles. The van der Waals surface area contributed by atoms with Gasteiger partial charge in [-0.25, -0.2) is 0 Å². The van der Waals surface area contributed by atoms with Crippen molar-refractivity contribution in [2.45, 2.75) is 57.9 Å². The maximum Gasteiger partial charge on any atom is 0.0320 e. The fraction of sp³-hybridized carbons (Fsp3) is 0.588. The first kappa shape index (κ1) is 14.3. The van der Waals surface area contributed by atoms with E-state index in [1.165, 1.54) is 44.1 Å². The second kappa shape index (κ2) is 8.11. The number of nitrogens with zero attached hydrogens (tertiary/aromatic N) is 1. The zero-order valence-electron chi connectivity index (χ0n) is 12.1. The van der Waals surface area contributed by atoms with Gasteiger partial charge in [-0.05, 0) is 50.3 Å². The van der Waals surface area contributed by atoms with E-state index in [-0.39, 0.29) is 0 Å². The van der Waals surface area contributed by atoms with E-state index >= 15 is 0 Å². The lowest BCUT2D eigenvalue weighted by Gasteiger charge is -2.23. The zero-order chi connectivity index (χ0) is 13.3. The minimum absolute atomic E-state index is 0.493. The van der Waals surface area contributed by atoms with Gasteiger partial charge in [0.2, 0.25) is 0 Å². The molecule has 0 saturated carbocycles. The van der Waals surface area contributed by atoms with Gasteiger partial charge in [-0.15, -0.1) is 0 Å². The van der Waals surface area contributed by atoms with E-state index in [4.69, 9.17) is 0 Å². The van der Waals surface area contributed by atoms with E-state index in [1.807, 2.05) is 18.5 Å². The molecule has 0 saturated heterocycles. The van der Waals surface area contributed by atoms with Crippen LogP contribution in [0.5, 0.6) is 0 Å². The Morgan fingerprint density at radius 1 is 1.26 bits per heavy atom. The lowest BCUT2D eigenvalue weighted by molar-refractivity contribution is 0.535. The van der Waals surface area contributed by atoms with Crippen molar-refractivity contribution in [1.29, 1.82) is 0 Å². The third-order valence-electron chi connectivity index (χ3n) is 3.89. The highest BCUT2D eigenvalue weighted by Gasteiger charge is 2.14. The summed E-state index contributed by atoms with van der Waals surface area (Å²) in [5.74, 6) is 0. The molecule has 0 amide bonds. The summed E-state index contributed by atoms with van der Waals surface area (Å²) < 4.78 is 0. The lowest BCUT2D eigenvalue weighted by Crippen LogP contribution is -2.33. The Bertz CT molecular complexity index is 384. The van der Waals surface area contributed by atoms with E-state index in [0.717, 1.165) is 13.0 Å². The van der Waals surface area contributed by atoms with Gasteiger partial charge in [0.15, 0.2) is 0 Å². The molecule has 2 nitrogen and oxygen atoms in total. The largest absolute Gasteiger partial charge is 0.310 e. The Morgan fingerprint density at radius 3 is 2.95 bits per heavy atom. The predicted molar refractivity (Wildman–Crippen MR) is 81.2 cm³/mol. The second-order valence-corrected chi connectivity index (χ2v) is 5.41. The third-order valence-corrected chi connectivity index (χ3v) is 3.89. The van der Waals surface area contributed by atoms with Crippen molar-refractivity contribution in [3.63, 3.8) is 0 Å². The fourth-order valence-electron chi connectivity index (χ4n) is 2.87. The highest BCUT2D eigenvalue weighted by atomic mass is 14.9. The molecule has 0 spiro atoms. The summed E-state index contributed by atoms with van der Waals surface area (Å²) in [4.78, 5) is 4.23. The first-order chi connectivity index (χ1) is 9.40. The maximum absolute atomic E-state index is 4.23. The van der Waals surface area contributed by atoms with Crippen LogP contribution in [-0.2, 0) is 6.42 Å². The minimum Gasteiger partial charge on any atom is -0.310 e. The van der Waals surface area contributed by atoms with Gasteiger partial charge in [0.05, 0.1) is 0 Å². The quantitative estimate of drug-likeness (QED) is 0.811. The van der Waals surface area contributed by atoms with Gasteiger partial charge in [-0.3, -0.25) is 4.98 Å². The molecule has 1 atom stereocenters. The van der Waals surface area contributed by atoms with E-state index in [2.05, 4.69) is 29.4 Å². The van der Waals surface area contributed by atoms with Crippen molar-refractivity contribution in [2.24, 2.45) is 0 Å². The number of allylic oxidation sites excluding steroid dienone is 1. The van der Waals surface area contributed by atoms with Crippen LogP contribution in [0, 0.1) is 0 Å². The topological polar surface area (TPSA) is 24.9 Å². The highest BCUT2D eigenvalue weighted by Crippen LogP contribution is 2.21. The first-order valence-electron chi connectivity index (χ1n) is 7.71. The van der Waals surface area contributed by atoms with Crippen LogP contribution in [0.4, 0.5) is 0 Å². The number of rotatable bonds is 5. The van der Waals surface area contributed by atoms with Gasteiger partial charge in [0.1, 0.15) is 0 Å². The van der Waals surface area contributed by atoms with Gasteiger partial charge in [0.25, 0.3) is 0 Å². The molecule has 1 aromatic rings. The SMILES string of the molecule is CCNC(Cc1cccnc1)/C1=C/CCCCCC1. The molecular weight excluding hydrogens is 232 g/mol. The minimum atomic E-state index is 0.493. The van der Waals surface area contributed by atoms with Crippen molar-refractivity contribution in [3.05, 3.63) is 41.7 Å². The van der Waals surface area contributed by atoms with E-state index in [0.29, 0.717) is 6.04 Å². The number of aromatic nitrogens is 1. The average molecular weight is 258 g/mol. The molecule has 1 aliphatic carbocycles. The van der Waals surface area contributed by atoms with Crippen LogP contribution in [0.2, 0.25) is 0 Å². The molecule has 1 aliphatic rings. The Morgan fingerprint density at radius 2 is 2.16 bits per heavy atom. The number of nitrogens with one attached hydrogen (secondary N) is 1. The molecule has 0 bridgehead atoms. The van der Waals surface area contributed by atoms with Crippen molar-refractivity contribution in [2.75, 3.05) is 6.54 Å². The highest BCUT2D eigenvalue weighted by molar-refractivity contribution is 5.19. The summed E-state index contributed by atoms with van der Waals surface area (Å²) in [5, 5.41) is 3.65. The number of hydrogen-bond acceptors (Lipinski definition) is 2. The van der Waals surface area contributed by atoms with Crippen molar-refractivity contribution < 1.29 is 0 Å². The van der Waals surface area contributed by atoms with E-state index in [9.17, 15) is 0 Å².